The summed E-state index contributed by atoms with van der Waals surface area (Å²) >= 11 is 5.81. The van der Waals surface area contributed by atoms with E-state index in [2.05, 4.69) is 4.74 Å². The SMILES string of the molecule is COC(=O)c1ccc(CN(C)C(=O)C(C)(C)CCl)cc1. The minimum atomic E-state index is -0.581. The zero-order valence-corrected chi connectivity index (χ0v) is 13.0. The number of ether oxygens (including phenoxy) is 1. The van der Waals surface area contributed by atoms with Crippen molar-refractivity contribution in [3.8, 4) is 0 Å². The van der Waals surface area contributed by atoms with Crippen molar-refractivity contribution in [2.45, 2.75) is 20.4 Å². The van der Waals surface area contributed by atoms with Crippen LogP contribution in [-0.4, -0.2) is 36.8 Å². The van der Waals surface area contributed by atoms with E-state index in [4.69, 9.17) is 11.6 Å². The van der Waals surface area contributed by atoms with Crippen LogP contribution in [0.4, 0.5) is 0 Å². The number of halogens is 1. The highest BCUT2D eigenvalue weighted by Gasteiger charge is 2.29. The molecular weight excluding hydrogens is 278 g/mol. The van der Waals surface area contributed by atoms with E-state index >= 15 is 0 Å². The lowest BCUT2D eigenvalue weighted by Gasteiger charge is -2.27. The molecule has 0 fully saturated rings. The van der Waals surface area contributed by atoms with Crippen molar-refractivity contribution in [3.05, 3.63) is 35.4 Å². The molecule has 0 spiro atoms. The topological polar surface area (TPSA) is 46.6 Å². The first-order valence-electron chi connectivity index (χ1n) is 6.30. The molecule has 0 saturated carbocycles. The summed E-state index contributed by atoms with van der Waals surface area (Å²) in [6.45, 7) is 4.11. The molecule has 1 aromatic carbocycles. The van der Waals surface area contributed by atoms with Crippen LogP contribution in [0.15, 0.2) is 24.3 Å². The third-order valence-electron chi connectivity index (χ3n) is 3.05. The molecular formula is C15H20ClNO3. The summed E-state index contributed by atoms with van der Waals surface area (Å²) < 4.78 is 4.64. The van der Waals surface area contributed by atoms with E-state index in [1.807, 2.05) is 26.0 Å². The van der Waals surface area contributed by atoms with E-state index < -0.39 is 5.41 Å². The van der Waals surface area contributed by atoms with Gasteiger partial charge in [-0.05, 0) is 31.5 Å². The van der Waals surface area contributed by atoms with Gasteiger partial charge in [0.15, 0.2) is 0 Å². The molecule has 5 heteroatoms. The molecule has 0 heterocycles. The molecule has 110 valence electrons. The van der Waals surface area contributed by atoms with E-state index in [0.29, 0.717) is 12.1 Å². The van der Waals surface area contributed by atoms with Gasteiger partial charge in [-0.2, -0.15) is 0 Å². The Hall–Kier alpha value is -1.55. The molecule has 0 N–H and O–H groups in total. The third kappa shape index (κ3) is 3.97. The quantitative estimate of drug-likeness (QED) is 0.620. The van der Waals surface area contributed by atoms with Crippen LogP contribution in [0.25, 0.3) is 0 Å². The van der Waals surface area contributed by atoms with Crippen molar-refractivity contribution in [2.24, 2.45) is 5.41 Å². The van der Waals surface area contributed by atoms with Crippen LogP contribution in [0.2, 0.25) is 0 Å². The first-order valence-corrected chi connectivity index (χ1v) is 6.84. The van der Waals surface area contributed by atoms with Gasteiger partial charge in [0.25, 0.3) is 0 Å². The number of hydrogen-bond acceptors (Lipinski definition) is 3. The van der Waals surface area contributed by atoms with Gasteiger partial charge in [0.2, 0.25) is 5.91 Å². The molecule has 0 atom stereocenters. The maximum absolute atomic E-state index is 12.2. The highest BCUT2D eigenvalue weighted by molar-refractivity contribution is 6.19. The predicted molar refractivity (Wildman–Crippen MR) is 78.8 cm³/mol. The normalized spacial score (nSPS) is 11.1. The number of rotatable bonds is 5. The number of esters is 1. The Labute approximate surface area is 124 Å². The summed E-state index contributed by atoms with van der Waals surface area (Å²) in [7, 11) is 3.09. The molecule has 0 radical (unpaired) electrons. The van der Waals surface area contributed by atoms with Crippen LogP contribution >= 0.6 is 11.6 Å². The van der Waals surface area contributed by atoms with Crippen molar-refractivity contribution in [1.29, 1.82) is 0 Å². The fraction of sp³-hybridized carbons (Fsp3) is 0.467. The van der Waals surface area contributed by atoms with Crippen molar-refractivity contribution in [3.63, 3.8) is 0 Å². The minimum Gasteiger partial charge on any atom is -0.465 e. The second-order valence-corrected chi connectivity index (χ2v) is 5.63. The summed E-state index contributed by atoms with van der Waals surface area (Å²) in [4.78, 5) is 25.1. The van der Waals surface area contributed by atoms with Crippen LogP contribution < -0.4 is 0 Å². The standard InChI is InChI=1S/C15H20ClNO3/c1-15(2,10-16)14(19)17(3)9-11-5-7-12(8-6-11)13(18)20-4/h5-8H,9-10H2,1-4H3. The average molecular weight is 298 g/mol. The fourth-order valence-electron chi connectivity index (χ4n) is 1.78. The molecule has 1 rings (SSSR count). The number of carbonyl (C=O) groups is 2. The van der Waals surface area contributed by atoms with Gasteiger partial charge in [-0.3, -0.25) is 4.79 Å². The number of hydrogen-bond donors (Lipinski definition) is 0. The number of alkyl halides is 1. The first kappa shape index (κ1) is 16.5. The zero-order valence-electron chi connectivity index (χ0n) is 12.3. The van der Waals surface area contributed by atoms with E-state index in [1.165, 1.54) is 7.11 Å². The van der Waals surface area contributed by atoms with Crippen molar-refractivity contribution >= 4 is 23.5 Å². The maximum atomic E-state index is 12.2. The summed E-state index contributed by atoms with van der Waals surface area (Å²) in [6, 6.07) is 6.99. The number of benzene rings is 1. The Morgan fingerprint density at radius 1 is 1.25 bits per heavy atom. The zero-order chi connectivity index (χ0) is 15.3. The molecule has 0 unspecified atom stereocenters. The largest absolute Gasteiger partial charge is 0.465 e. The first-order chi connectivity index (χ1) is 9.31. The third-order valence-corrected chi connectivity index (χ3v) is 3.72. The number of methoxy groups -OCH3 is 1. The lowest BCUT2D eigenvalue weighted by Crippen LogP contribution is -2.39. The van der Waals surface area contributed by atoms with Crippen molar-refractivity contribution < 1.29 is 14.3 Å². The van der Waals surface area contributed by atoms with Crippen LogP contribution in [-0.2, 0) is 16.1 Å². The Kier molecular flexibility index (Phi) is 5.57. The van der Waals surface area contributed by atoms with E-state index in [-0.39, 0.29) is 17.8 Å². The minimum absolute atomic E-state index is 0.00968. The number of nitrogens with zero attached hydrogens (tertiary/aromatic N) is 1. The smallest absolute Gasteiger partial charge is 0.337 e. The summed E-state index contributed by atoms with van der Waals surface area (Å²) in [5.41, 5.74) is 0.854. The molecule has 0 aliphatic heterocycles. The van der Waals surface area contributed by atoms with Gasteiger partial charge in [0.05, 0.1) is 18.1 Å². The lowest BCUT2D eigenvalue weighted by atomic mass is 9.94. The molecule has 0 aliphatic carbocycles. The summed E-state index contributed by atoms with van der Waals surface area (Å²) in [6.07, 6.45) is 0. The summed E-state index contributed by atoms with van der Waals surface area (Å²) in [5, 5.41) is 0. The summed E-state index contributed by atoms with van der Waals surface area (Å²) in [5.74, 6) is -0.105. The molecule has 0 saturated heterocycles. The fourth-order valence-corrected chi connectivity index (χ4v) is 1.90. The van der Waals surface area contributed by atoms with Crippen LogP contribution in [0.5, 0.6) is 0 Å². The monoisotopic (exact) mass is 297 g/mol. The van der Waals surface area contributed by atoms with E-state index in [9.17, 15) is 9.59 Å². The Morgan fingerprint density at radius 3 is 2.25 bits per heavy atom. The maximum Gasteiger partial charge on any atom is 0.337 e. The van der Waals surface area contributed by atoms with Gasteiger partial charge in [0.1, 0.15) is 0 Å². The highest BCUT2D eigenvalue weighted by Crippen LogP contribution is 2.21. The number of carbonyl (C=O) groups excluding carboxylic acids is 2. The molecule has 0 aliphatic rings. The van der Waals surface area contributed by atoms with Crippen LogP contribution in [0, 0.1) is 5.41 Å². The van der Waals surface area contributed by atoms with Gasteiger partial charge in [0, 0.05) is 19.5 Å². The van der Waals surface area contributed by atoms with Gasteiger partial charge in [-0.15, -0.1) is 11.6 Å². The van der Waals surface area contributed by atoms with E-state index in [0.717, 1.165) is 5.56 Å². The molecule has 4 nitrogen and oxygen atoms in total. The molecule has 1 amide bonds. The van der Waals surface area contributed by atoms with Crippen LogP contribution in [0.3, 0.4) is 0 Å². The van der Waals surface area contributed by atoms with Gasteiger partial charge >= 0.3 is 5.97 Å². The Balaban J connectivity index is 2.74. The lowest BCUT2D eigenvalue weighted by molar-refractivity contribution is -0.138. The molecule has 20 heavy (non-hydrogen) atoms. The highest BCUT2D eigenvalue weighted by atomic mass is 35.5. The second-order valence-electron chi connectivity index (χ2n) is 5.37. The Bertz CT molecular complexity index is 482. The molecule has 1 aromatic rings. The van der Waals surface area contributed by atoms with Gasteiger partial charge in [-0.25, -0.2) is 4.79 Å². The molecule has 0 aromatic heterocycles. The van der Waals surface area contributed by atoms with E-state index in [1.54, 1.807) is 24.1 Å². The average Bonchev–Trinajstić information content (AvgIpc) is 2.46. The predicted octanol–water partition coefficient (Wildman–Crippen LogP) is 2.70. The van der Waals surface area contributed by atoms with Gasteiger partial charge < -0.3 is 9.64 Å². The number of amides is 1. The molecule has 0 bridgehead atoms. The van der Waals surface area contributed by atoms with Crippen LogP contribution in [0.1, 0.15) is 29.8 Å². The second kappa shape index (κ2) is 6.75. The Morgan fingerprint density at radius 2 is 1.80 bits per heavy atom. The van der Waals surface area contributed by atoms with Crippen molar-refractivity contribution in [1.82, 2.24) is 4.90 Å². The van der Waals surface area contributed by atoms with Crippen molar-refractivity contribution in [2.75, 3.05) is 20.0 Å². The van der Waals surface area contributed by atoms with Gasteiger partial charge in [-0.1, -0.05) is 12.1 Å².